The Kier molecular flexibility index (Phi) is 4.52. The van der Waals surface area contributed by atoms with E-state index in [4.69, 9.17) is 0 Å². The lowest BCUT2D eigenvalue weighted by molar-refractivity contribution is -0.361. The van der Waals surface area contributed by atoms with Crippen molar-refractivity contribution in [3.05, 3.63) is 108 Å². The Morgan fingerprint density at radius 2 is 1.67 bits per heavy atom. The molecule has 0 amide bonds. The van der Waals surface area contributed by atoms with E-state index in [1.54, 1.807) is 6.20 Å². The van der Waals surface area contributed by atoms with Gasteiger partial charge in [0.05, 0.1) is 6.20 Å². The van der Waals surface area contributed by atoms with Gasteiger partial charge in [-0.15, -0.1) is 0 Å². The Morgan fingerprint density at radius 1 is 0.867 bits per heavy atom. The molecule has 2 aromatic heterocycles. The highest BCUT2D eigenvalue weighted by atomic mass is 16.3. The smallest absolute Gasteiger partial charge is 0.273 e. The second-order valence-corrected chi connectivity index (χ2v) is 7.54. The molecule has 4 nitrogen and oxygen atoms in total. The zero-order valence-corrected chi connectivity index (χ0v) is 16.6. The minimum absolute atomic E-state index is 0.200. The molecule has 3 N–H and O–H groups in total. The van der Waals surface area contributed by atoms with Gasteiger partial charge in [-0.3, -0.25) is 10.3 Å². The van der Waals surface area contributed by atoms with Crippen molar-refractivity contribution in [2.75, 3.05) is 5.32 Å². The maximum atomic E-state index is 11.1. The second kappa shape index (κ2) is 7.48. The number of benzene rings is 3. The summed E-state index contributed by atoms with van der Waals surface area (Å²) in [6.07, 6.45) is 3.62. The van der Waals surface area contributed by atoms with Crippen molar-refractivity contribution in [1.82, 2.24) is 4.98 Å². The molecule has 0 aliphatic rings. The van der Waals surface area contributed by atoms with Crippen molar-refractivity contribution < 1.29 is 10.1 Å². The lowest BCUT2D eigenvalue weighted by Crippen LogP contribution is -2.19. The number of H-pyrrole nitrogens is 1. The first kappa shape index (κ1) is 18.1. The fourth-order valence-electron chi connectivity index (χ4n) is 3.93. The average molecular weight is 392 g/mol. The van der Waals surface area contributed by atoms with Crippen LogP contribution < -0.4 is 10.3 Å². The van der Waals surface area contributed by atoms with Gasteiger partial charge in [-0.2, -0.15) is 0 Å². The molecule has 0 unspecified atom stereocenters. The van der Waals surface area contributed by atoms with Crippen molar-refractivity contribution in [3.8, 4) is 5.75 Å². The van der Waals surface area contributed by atoms with E-state index in [-0.39, 0.29) is 11.8 Å². The summed E-state index contributed by atoms with van der Waals surface area (Å²) in [6, 6.07) is 26.3. The standard InChI is InChI=1S/C26H21N3O/c1-17-12-14-27-23(15-17)29-24(21-9-8-18-5-2-3-6-20(18)16-21)22-11-10-19-7-4-13-28-25(19)26(22)30/h2-16,24,30H,1H3,(H,27,29)/p+1/t24-/m0/s1. The third kappa shape index (κ3) is 3.33. The molecule has 0 fully saturated rings. The van der Waals surface area contributed by atoms with Crippen LogP contribution in [0.1, 0.15) is 22.7 Å². The number of hydrogen-bond donors (Lipinski definition) is 2. The molecule has 0 radical (unpaired) electrons. The van der Waals surface area contributed by atoms with Crippen LogP contribution in [0.4, 0.5) is 5.82 Å². The quantitative estimate of drug-likeness (QED) is 0.429. The van der Waals surface area contributed by atoms with Gasteiger partial charge in [0, 0.05) is 28.8 Å². The molecule has 0 saturated carbocycles. The van der Waals surface area contributed by atoms with Gasteiger partial charge in [0.2, 0.25) is 0 Å². The molecule has 5 aromatic rings. The predicted molar refractivity (Wildman–Crippen MR) is 121 cm³/mol. The van der Waals surface area contributed by atoms with E-state index in [0.29, 0.717) is 5.52 Å². The normalized spacial score (nSPS) is 12.2. The number of aryl methyl sites for hydroxylation is 1. The summed E-state index contributed by atoms with van der Waals surface area (Å²) >= 11 is 0. The first-order valence-electron chi connectivity index (χ1n) is 9.99. The Bertz CT molecular complexity index is 1360. The first-order chi connectivity index (χ1) is 14.7. The maximum Gasteiger partial charge on any atom is 0.273 e. The number of aromatic amines is 1. The van der Waals surface area contributed by atoms with E-state index in [9.17, 15) is 5.11 Å². The summed E-state index contributed by atoms with van der Waals surface area (Å²) in [5.41, 5.74) is 3.61. The lowest BCUT2D eigenvalue weighted by Gasteiger charge is -2.18. The van der Waals surface area contributed by atoms with Crippen LogP contribution in [0, 0.1) is 6.92 Å². The molecule has 2 heterocycles. The topological polar surface area (TPSA) is 59.3 Å². The molecule has 146 valence electrons. The second-order valence-electron chi connectivity index (χ2n) is 7.54. The van der Waals surface area contributed by atoms with Crippen molar-refractivity contribution >= 4 is 27.5 Å². The number of nitrogens with one attached hydrogen (secondary N) is 2. The van der Waals surface area contributed by atoms with Gasteiger partial charge >= 0.3 is 0 Å². The Morgan fingerprint density at radius 3 is 2.53 bits per heavy atom. The molecular formula is C26H22N3O+. The molecule has 0 spiro atoms. The predicted octanol–water partition coefficient (Wildman–Crippen LogP) is 5.42. The van der Waals surface area contributed by atoms with Gasteiger partial charge in [-0.25, -0.2) is 4.98 Å². The summed E-state index contributed by atoms with van der Waals surface area (Å²) < 4.78 is 0. The largest absolute Gasteiger partial charge is 0.505 e. The lowest BCUT2D eigenvalue weighted by atomic mass is 9.94. The summed E-state index contributed by atoms with van der Waals surface area (Å²) in [5, 5.41) is 18.0. The molecule has 0 aliphatic heterocycles. The minimum Gasteiger partial charge on any atom is -0.505 e. The van der Waals surface area contributed by atoms with Crippen LogP contribution in [0.3, 0.4) is 0 Å². The van der Waals surface area contributed by atoms with E-state index >= 15 is 0 Å². The number of aromatic nitrogens is 2. The summed E-state index contributed by atoms with van der Waals surface area (Å²) in [5.74, 6) is 1.08. The van der Waals surface area contributed by atoms with Crippen LogP contribution in [0.5, 0.6) is 5.75 Å². The van der Waals surface area contributed by atoms with Crippen molar-refractivity contribution in [1.29, 1.82) is 0 Å². The Labute approximate surface area is 174 Å². The molecule has 0 aliphatic carbocycles. The number of pyridine rings is 2. The SMILES string of the molecule is Cc1cc[nH+]c(N[C@@H](c2ccc3ccccc3c2)c2ccc3cccnc3c2O)c1. The van der Waals surface area contributed by atoms with Crippen molar-refractivity contribution in [2.24, 2.45) is 0 Å². The highest BCUT2D eigenvalue weighted by Gasteiger charge is 2.24. The minimum atomic E-state index is -0.251. The maximum absolute atomic E-state index is 11.1. The summed E-state index contributed by atoms with van der Waals surface area (Å²) in [4.78, 5) is 7.67. The number of nitrogens with zero attached hydrogens (tertiary/aromatic N) is 1. The van der Waals surface area contributed by atoms with Crippen LogP contribution in [-0.4, -0.2) is 10.1 Å². The van der Waals surface area contributed by atoms with E-state index in [1.165, 1.54) is 5.39 Å². The fraction of sp³-hybridized carbons (Fsp3) is 0.0769. The van der Waals surface area contributed by atoms with Crippen molar-refractivity contribution in [3.63, 3.8) is 0 Å². The highest BCUT2D eigenvalue weighted by molar-refractivity contribution is 5.87. The van der Waals surface area contributed by atoms with Crippen LogP contribution in [0.25, 0.3) is 21.7 Å². The fourth-order valence-corrected chi connectivity index (χ4v) is 3.93. The van der Waals surface area contributed by atoms with E-state index < -0.39 is 0 Å². The molecule has 4 heteroatoms. The third-order valence-corrected chi connectivity index (χ3v) is 5.45. The van der Waals surface area contributed by atoms with Gasteiger partial charge in [-0.05, 0) is 47.5 Å². The summed E-state index contributed by atoms with van der Waals surface area (Å²) in [7, 11) is 0. The zero-order chi connectivity index (χ0) is 20.5. The number of phenols is 1. The monoisotopic (exact) mass is 392 g/mol. The number of hydrogen-bond acceptors (Lipinski definition) is 3. The van der Waals surface area contributed by atoms with E-state index in [1.807, 2.05) is 48.7 Å². The van der Waals surface area contributed by atoms with Crippen molar-refractivity contribution in [2.45, 2.75) is 13.0 Å². The van der Waals surface area contributed by atoms with Gasteiger partial charge in [0.15, 0.2) is 0 Å². The number of anilines is 1. The molecule has 0 bridgehead atoms. The number of aromatic hydroxyl groups is 1. The van der Waals surface area contributed by atoms with E-state index in [0.717, 1.165) is 33.3 Å². The molecule has 5 rings (SSSR count). The van der Waals surface area contributed by atoms with Crippen LogP contribution in [0.2, 0.25) is 0 Å². The number of fused-ring (bicyclic) bond motifs is 2. The number of rotatable bonds is 4. The molecule has 1 atom stereocenters. The third-order valence-electron chi connectivity index (χ3n) is 5.45. The zero-order valence-electron chi connectivity index (χ0n) is 16.6. The van der Waals surface area contributed by atoms with Gasteiger partial charge in [-0.1, -0.05) is 48.5 Å². The van der Waals surface area contributed by atoms with Gasteiger partial charge < -0.3 is 5.11 Å². The summed E-state index contributed by atoms with van der Waals surface area (Å²) in [6.45, 7) is 2.06. The molecule has 0 saturated heterocycles. The Hall–Kier alpha value is -3.92. The van der Waals surface area contributed by atoms with Crippen LogP contribution >= 0.6 is 0 Å². The number of phenolic OH excluding ortho intramolecular Hbond substituents is 1. The highest BCUT2D eigenvalue weighted by Crippen LogP contribution is 2.36. The van der Waals surface area contributed by atoms with E-state index in [2.05, 4.69) is 58.6 Å². The van der Waals surface area contributed by atoms with Crippen LogP contribution in [-0.2, 0) is 0 Å². The average Bonchev–Trinajstić information content (AvgIpc) is 2.78. The molecule has 30 heavy (non-hydrogen) atoms. The first-order valence-corrected chi connectivity index (χ1v) is 9.99. The van der Waals surface area contributed by atoms with Gasteiger partial charge in [0.25, 0.3) is 5.82 Å². The Balaban J connectivity index is 1.68. The van der Waals surface area contributed by atoms with Crippen LogP contribution in [0.15, 0.2) is 91.3 Å². The molecular weight excluding hydrogens is 370 g/mol. The van der Waals surface area contributed by atoms with Gasteiger partial charge in [0.1, 0.15) is 17.3 Å². The molecule has 3 aromatic carbocycles.